The molecule has 2 nitrogen and oxygen atoms in total. The van der Waals surface area contributed by atoms with E-state index >= 15 is 0 Å². The van der Waals surface area contributed by atoms with Crippen molar-refractivity contribution in [2.45, 2.75) is 4.90 Å². The van der Waals surface area contributed by atoms with Crippen molar-refractivity contribution >= 4 is 46.6 Å². The van der Waals surface area contributed by atoms with Crippen LogP contribution >= 0.6 is 35.1 Å². The summed E-state index contributed by atoms with van der Waals surface area (Å²) in [6.45, 7) is 0. The molecule has 0 atom stereocenters. The molecule has 6 heteroatoms. The monoisotopic (exact) mass is 391 g/mol. The van der Waals surface area contributed by atoms with E-state index in [-0.39, 0.29) is 11.3 Å². The Bertz CT molecular complexity index is 919. The molecule has 0 aliphatic heterocycles. The minimum atomic E-state index is -0.468. The molecule has 1 N–H and O–H groups in total. The van der Waals surface area contributed by atoms with Gasteiger partial charge in [-0.3, -0.25) is 4.79 Å². The first-order valence-electron chi connectivity index (χ1n) is 7.32. The Hall–Kier alpha value is -2.01. The summed E-state index contributed by atoms with van der Waals surface area (Å²) < 4.78 is 16.7. The molecular formula is C19H12Cl2FNOS. The molecule has 0 heterocycles. The largest absolute Gasteiger partial charge is 0.325 e. The van der Waals surface area contributed by atoms with E-state index in [1.165, 1.54) is 30.1 Å². The van der Waals surface area contributed by atoms with Gasteiger partial charge in [0.1, 0.15) is 5.82 Å². The van der Waals surface area contributed by atoms with E-state index in [4.69, 9.17) is 23.2 Å². The lowest BCUT2D eigenvalue weighted by Crippen LogP contribution is -2.05. The third-order valence-electron chi connectivity index (χ3n) is 3.43. The molecule has 126 valence electrons. The molecule has 0 fully saturated rings. The van der Waals surface area contributed by atoms with Gasteiger partial charge in [-0.1, -0.05) is 53.5 Å². The van der Waals surface area contributed by atoms with Crippen LogP contribution < -0.4 is 4.72 Å². The van der Waals surface area contributed by atoms with Crippen molar-refractivity contribution in [3.05, 3.63) is 93.7 Å². The number of carbonyl (C=O) groups excluding carboxylic acids is 1. The van der Waals surface area contributed by atoms with Crippen molar-refractivity contribution in [3.63, 3.8) is 0 Å². The Morgan fingerprint density at radius 2 is 1.68 bits per heavy atom. The number of hydrogen-bond donors (Lipinski definition) is 1. The molecule has 0 unspecified atom stereocenters. The SMILES string of the molecule is O=C(c1ccccc1)c1cc(F)ccc1NSc1ccc(Cl)c(Cl)c1. The van der Waals surface area contributed by atoms with Gasteiger partial charge in [-0.25, -0.2) is 4.39 Å². The lowest BCUT2D eigenvalue weighted by Gasteiger charge is -2.11. The summed E-state index contributed by atoms with van der Waals surface area (Å²) in [5, 5.41) is 0.904. The number of benzene rings is 3. The summed E-state index contributed by atoms with van der Waals surface area (Å²) in [5.41, 5.74) is 1.28. The molecule has 0 saturated carbocycles. The fraction of sp³-hybridized carbons (Fsp3) is 0. The van der Waals surface area contributed by atoms with Gasteiger partial charge >= 0.3 is 0 Å². The third-order valence-corrected chi connectivity index (χ3v) is 4.98. The van der Waals surface area contributed by atoms with E-state index in [9.17, 15) is 9.18 Å². The summed E-state index contributed by atoms with van der Waals surface area (Å²) in [6, 6.07) is 18.0. The van der Waals surface area contributed by atoms with Gasteiger partial charge < -0.3 is 4.72 Å². The molecule has 25 heavy (non-hydrogen) atoms. The maximum Gasteiger partial charge on any atom is 0.195 e. The van der Waals surface area contributed by atoms with Gasteiger partial charge in [0, 0.05) is 16.0 Å². The summed E-state index contributed by atoms with van der Waals surface area (Å²) in [7, 11) is 0. The van der Waals surface area contributed by atoms with Crippen molar-refractivity contribution < 1.29 is 9.18 Å². The van der Waals surface area contributed by atoms with E-state index in [2.05, 4.69) is 4.72 Å². The smallest absolute Gasteiger partial charge is 0.195 e. The van der Waals surface area contributed by atoms with Crippen LogP contribution in [-0.2, 0) is 0 Å². The number of ketones is 1. The second kappa shape index (κ2) is 7.91. The highest BCUT2D eigenvalue weighted by atomic mass is 35.5. The van der Waals surface area contributed by atoms with Gasteiger partial charge in [0.15, 0.2) is 5.78 Å². The lowest BCUT2D eigenvalue weighted by molar-refractivity contribution is 0.103. The number of carbonyl (C=O) groups is 1. The average molecular weight is 392 g/mol. The summed E-state index contributed by atoms with van der Waals surface area (Å²) >= 11 is 13.2. The van der Waals surface area contributed by atoms with Crippen molar-refractivity contribution in [3.8, 4) is 0 Å². The molecule has 0 radical (unpaired) electrons. The standard InChI is InChI=1S/C19H12Cl2FNOS/c20-16-8-7-14(11-17(16)21)25-23-18-9-6-13(22)10-15(18)19(24)12-4-2-1-3-5-12/h1-11,23H. The molecule has 3 aromatic rings. The van der Waals surface area contributed by atoms with Gasteiger partial charge in [0.05, 0.1) is 15.7 Å². The van der Waals surface area contributed by atoms with Crippen LogP contribution in [0, 0.1) is 5.82 Å². The molecule has 3 aromatic carbocycles. The Morgan fingerprint density at radius 1 is 0.920 bits per heavy atom. The van der Waals surface area contributed by atoms with Gasteiger partial charge in [-0.15, -0.1) is 0 Å². The van der Waals surface area contributed by atoms with Crippen LogP contribution in [0.3, 0.4) is 0 Å². The number of hydrogen-bond acceptors (Lipinski definition) is 3. The highest BCUT2D eigenvalue weighted by molar-refractivity contribution is 8.00. The van der Waals surface area contributed by atoms with Crippen molar-refractivity contribution in [1.82, 2.24) is 0 Å². The van der Waals surface area contributed by atoms with E-state index in [1.807, 2.05) is 6.07 Å². The molecule has 0 saturated heterocycles. The first kappa shape index (κ1) is 17.8. The fourth-order valence-corrected chi connectivity index (χ4v) is 3.27. The van der Waals surface area contributed by atoms with E-state index in [0.29, 0.717) is 21.3 Å². The zero-order chi connectivity index (χ0) is 17.8. The fourth-order valence-electron chi connectivity index (χ4n) is 2.19. The predicted octanol–water partition coefficient (Wildman–Crippen LogP) is 6.48. The van der Waals surface area contributed by atoms with Gasteiger partial charge in [-0.05, 0) is 48.3 Å². The number of anilines is 1. The van der Waals surface area contributed by atoms with Gasteiger partial charge in [0.2, 0.25) is 0 Å². The van der Waals surface area contributed by atoms with Crippen LogP contribution in [0.25, 0.3) is 0 Å². The third kappa shape index (κ3) is 4.34. The van der Waals surface area contributed by atoms with Crippen LogP contribution in [0.15, 0.2) is 71.6 Å². The molecule has 0 amide bonds. The van der Waals surface area contributed by atoms with Crippen LogP contribution in [0.5, 0.6) is 0 Å². The Balaban J connectivity index is 1.86. The van der Waals surface area contributed by atoms with E-state index in [0.717, 1.165) is 4.90 Å². The number of halogens is 3. The minimum Gasteiger partial charge on any atom is -0.325 e. The van der Waals surface area contributed by atoms with E-state index < -0.39 is 5.82 Å². The highest BCUT2D eigenvalue weighted by Gasteiger charge is 2.15. The average Bonchev–Trinajstić information content (AvgIpc) is 2.63. The topological polar surface area (TPSA) is 29.1 Å². The Kier molecular flexibility index (Phi) is 5.63. The maximum absolute atomic E-state index is 13.7. The molecular weight excluding hydrogens is 380 g/mol. The number of nitrogens with one attached hydrogen (secondary N) is 1. The molecule has 0 spiro atoms. The van der Waals surface area contributed by atoms with Crippen molar-refractivity contribution in [2.75, 3.05) is 4.72 Å². The Morgan fingerprint density at radius 3 is 2.40 bits per heavy atom. The second-order valence-electron chi connectivity index (χ2n) is 5.17. The highest BCUT2D eigenvalue weighted by Crippen LogP contribution is 2.30. The second-order valence-corrected chi connectivity index (χ2v) is 6.86. The van der Waals surface area contributed by atoms with Crippen LogP contribution in [0.4, 0.5) is 10.1 Å². The predicted molar refractivity (Wildman–Crippen MR) is 102 cm³/mol. The summed E-state index contributed by atoms with van der Waals surface area (Å²) in [5.74, 6) is -0.721. The van der Waals surface area contributed by atoms with E-state index in [1.54, 1.807) is 42.5 Å². The molecule has 0 aliphatic rings. The summed E-state index contributed by atoms with van der Waals surface area (Å²) in [6.07, 6.45) is 0. The van der Waals surface area contributed by atoms with Gasteiger partial charge in [-0.2, -0.15) is 0 Å². The van der Waals surface area contributed by atoms with Crippen molar-refractivity contribution in [2.24, 2.45) is 0 Å². The Labute approximate surface area is 159 Å². The zero-order valence-corrected chi connectivity index (χ0v) is 15.1. The van der Waals surface area contributed by atoms with Crippen molar-refractivity contribution in [1.29, 1.82) is 0 Å². The lowest BCUT2D eigenvalue weighted by atomic mass is 10.0. The van der Waals surface area contributed by atoms with Crippen LogP contribution in [0.2, 0.25) is 10.0 Å². The minimum absolute atomic E-state index is 0.252. The molecule has 0 aromatic heterocycles. The quantitative estimate of drug-likeness (QED) is 0.398. The zero-order valence-electron chi connectivity index (χ0n) is 12.8. The number of rotatable bonds is 5. The molecule has 0 aliphatic carbocycles. The molecule has 0 bridgehead atoms. The van der Waals surface area contributed by atoms with Crippen LogP contribution in [0.1, 0.15) is 15.9 Å². The maximum atomic E-state index is 13.7. The van der Waals surface area contributed by atoms with Gasteiger partial charge in [0.25, 0.3) is 0 Å². The first-order valence-corrected chi connectivity index (χ1v) is 8.89. The first-order chi connectivity index (χ1) is 12.0. The summed E-state index contributed by atoms with van der Waals surface area (Å²) in [4.78, 5) is 13.5. The normalized spacial score (nSPS) is 10.5. The molecule has 3 rings (SSSR count). The van der Waals surface area contributed by atoms with Crippen LogP contribution in [-0.4, -0.2) is 5.78 Å².